The molecule has 2 heterocycles. The van der Waals surface area contributed by atoms with Crippen LogP contribution in [0.4, 0.5) is 4.79 Å². The molecule has 29 heavy (non-hydrogen) atoms. The highest BCUT2D eigenvalue weighted by atomic mass is 16.6. The topological polar surface area (TPSA) is 60.8 Å². The van der Waals surface area contributed by atoms with Crippen LogP contribution < -0.4 is 10.2 Å². The number of nitrogens with zero attached hydrogens (tertiary/aromatic N) is 2. The summed E-state index contributed by atoms with van der Waals surface area (Å²) in [4.78, 5) is 27.2. The Balaban J connectivity index is 1.86. The van der Waals surface area contributed by atoms with Crippen LogP contribution in [-0.2, 0) is 17.9 Å². The second kappa shape index (κ2) is 8.31. The van der Waals surface area contributed by atoms with Crippen LogP contribution in [0.15, 0.2) is 47.4 Å². The van der Waals surface area contributed by atoms with E-state index in [0.29, 0.717) is 25.4 Å². The Morgan fingerprint density at radius 2 is 1.86 bits per heavy atom. The molecule has 2 aromatic rings. The highest BCUT2D eigenvalue weighted by Gasteiger charge is 2.36. The van der Waals surface area contributed by atoms with Crippen molar-refractivity contribution in [2.45, 2.75) is 59.4 Å². The third-order valence-corrected chi connectivity index (χ3v) is 4.84. The minimum absolute atomic E-state index is 0.129. The SMILES string of the molecule is CC(C)C1c2cc(=O)c(OCc3ccccc3)cn2CCN1C(=O)OC(C)(C)C. The lowest BCUT2D eigenvalue weighted by Gasteiger charge is -2.40. The molecule has 1 aromatic heterocycles. The van der Waals surface area contributed by atoms with E-state index >= 15 is 0 Å². The van der Waals surface area contributed by atoms with Gasteiger partial charge >= 0.3 is 6.09 Å². The third kappa shape index (κ3) is 5.00. The zero-order valence-corrected chi connectivity index (χ0v) is 17.8. The van der Waals surface area contributed by atoms with E-state index in [4.69, 9.17) is 9.47 Å². The molecule has 156 valence electrons. The van der Waals surface area contributed by atoms with E-state index < -0.39 is 5.60 Å². The number of fused-ring (bicyclic) bond motifs is 1. The molecule has 1 unspecified atom stereocenters. The summed E-state index contributed by atoms with van der Waals surface area (Å²) in [5.74, 6) is 0.454. The van der Waals surface area contributed by atoms with Gasteiger partial charge in [0.2, 0.25) is 5.43 Å². The van der Waals surface area contributed by atoms with Crippen molar-refractivity contribution in [3.05, 3.63) is 64.1 Å². The lowest BCUT2D eigenvalue weighted by Crippen LogP contribution is -2.47. The molecule has 1 aliphatic rings. The Hall–Kier alpha value is -2.76. The summed E-state index contributed by atoms with van der Waals surface area (Å²) in [6, 6.07) is 11.1. The maximum absolute atomic E-state index is 12.7. The van der Waals surface area contributed by atoms with E-state index in [1.54, 1.807) is 17.2 Å². The van der Waals surface area contributed by atoms with Crippen molar-refractivity contribution in [3.8, 4) is 5.75 Å². The van der Waals surface area contributed by atoms with Crippen molar-refractivity contribution in [2.24, 2.45) is 5.92 Å². The zero-order chi connectivity index (χ0) is 21.2. The molecule has 0 fully saturated rings. The molecule has 0 saturated heterocycles. The number of ether oxygens (including phenoxy) is 2. The Kier molecular flexibility index (Phi) is 6.01. The summed E-state index contributed by atoms with van der Waals surface area (Å²) in [6.45, 7) is 11.1. The van der Waals surface area contributed by atoms with E-state index in [0.717, 1.165) is 11.3 Å². The number of hydrogen-bond acceptors (Lipinski definition) is 4. The Morgan fingerprint density at radius 3 is 2.48 bits per heavy atom. The molecule has 3 rings (SSSR count). The maximum atomic E-state index is 12.7. The number of amides is 1. The van der Waals surface area contributed by atoms with E-state index in [-0.39, 0.29) is 23.5 Å². The third-order valence-electron chi connectivity index (χ3n) is 4.84. The number of aromatic nitrogens is 1. The molecule has 0 spiro atoms. The smallest absolute Gasteiger partial charge is 0.410 e. The summed E-state index contributed by atoms with van der Waals surface area (Å²) in [5, 5.41) is 0. The molecule has 0 radical (unpaired) electrons. The Morgan fingerprint density at radius 1 is 1.17 bits per heavy atom. The van der Waals surface area contributed by atoms with Crippen LogP contribution in [0.5, 0.6) is 5.75 Å². The molecule has 6 heteroatoms. The van der Waals surface area contributed by atoms with Crippen molar-refractivity contribution in [2.75, 3.05) is 6.54 Å². The largest absolute Gasteiger partial charge is 0.483 e. The van der Waals surface area contributed by atoms with Gasteiger partial charge in [0.15, 0.2) is 5.75 Å². The number of rotatable bonds is 4. The highest BCUT2D eigenvalue weighted by molar-refractivity contribution is 5.69. The number of carbonyl (C=O) groups excluding carboxylic acids is 1. The zero-order valence-electron chi connectivity index (χ0n) is 17.8. The van der Waals surface area contributed by atoms with Crippen LogP contribution in [0.1, 0.15) is 51.9 Å². The van der Waals surface area contributed by atoms with Crippen LogP contribution in [0.2, 0.25) is 0 Å². The first-order valence-electron chi connectivity index (χ1n) is 10.1. The first kappa shape index (κ1) is 21.0. The van der Waals surface area contributed by atoms with Crippen molar-refractivity contribution in [1.29, 1.82) is 0 Å². The van der Waals surface area contributed by atoms with Gasteiger partial charge < -0.3 is 14.0 Å². The van der Waals surface area contributed by atoms with Crippen molar-refractivity contribution in [3.63, 3.8) is 0 Å². The first-order chi connectivity index (χ1) is 13.7. The van der Waals surface area contributed by atoms with E-state index in [9.17, 15) is 9.59 Å². The fourth-order valence-electron chi connectivity index (χ4n) is 3.60. The summed E-state index contributed by atoms with van der Waals surface area (Å²) < 4.78 is 13.4. The molecular formula is C23H30N2O4. The van der Waals surface area contributed by atoms with Gasteiger partial charge in [-0.25, -0.2) is 4.79 Å². The van der Waals surface area contributed by atoms with Crippen LogP contribution >= 0.6 is 0 Å². The minimum Gasteiger partial charge on any atom is -0.483 e. The fraction of sp³-hybridized carbons (Fsp3) is 0.478. The molecule has 1 amide bonds. The minimum atomic E-state index is -0.565. The molecule has 0 aliphatic carbocycles. The quantitative estimate of drug-likeness (QED) is 0.767. The summed E-state index contributed by atoms with van der Waals surface area (Å²) in [5.41, 5.74) is 1.08. The number of benzene rings is 1. The molecule has 0 bridgehead atoms. The van der Waals surface area contributed by atoms with Gasteiger partial charge in [0.05, 0.1) is 12.2 Å². The van der Waals surface area contributed by atoms with Gasteiger partial charge in [-0.1, -0.05) is 44.2 Å². The predicted molar refractivity (Wildman–Crippen MR) is 112 cm³/mol. The van der Waals surface area contributed by atoms with Gasteiger partial charge in [-0.15, -0.1) is 0 Å². The van der Waals surface area contributed by atoms with Crippen LogP contribution in [-0.4, -0.2) is 27.7 Å². The lowest BCUT2D eigenvalue weighted by atomic mass is 9.96. The average molecular weight is 399 g/mol. The van der Waals surface area contributed by atoms with E-state index in [1.807, 2.05) is 69.5 Å². The number of pyridine rings is 1. The lowest BCUT2D eigenvalue weighted by molar-refractivity contribution is 0.00428. The van der Waals surface area contributed by atoms with Gasteiger partial charge in [0, 0.05) is 24.8 Å². The Bertz CT molecular complexity index is 913. The van der Waals surface area contributed by atoms with Crippen molar-refractivity contribution < 1.29 is 14.3 Å². The average Bonchev–Trinajstić information content (AvgIpc) is 2.64. The Labute approximate surface area is 172 Å². The van der Waals surface area contributed by atoms with Crippen LogP contribution in [0.25, 0.3) is 0 Å². The second-order valence-corrected chi connectivity index (χ2v) is 8.76. The van der Waals surface area contributed by atoms with Gasteiger partial charge in [-0.05, 0) is 32.3 Å². The monoisotopic (exact) mass is 398 g/mol. The van der Waals surface area contributed by atoms with Crippen molar-refractivity contribution >= 4 is 6.09 Å². The highest BCUT2D eigenvalue weighted by Crippen LogP contribution is 2.33. The fourth-order valence-corrected chi connectivity index (χ4v) is 3.60. The first-order valence-corrected chi connectivity index (χ1v) is 10.1. The standard InChI is InChI=1S/C23H30N2O4/c1-16(2)21-18-13-19(26)20(28-15-17-9-7-6-8-10-17)14-24(18)11-12-25(21)22(27)29-23(3,4)5/h6-10,13-14,16,21H,11-12,15H2,1-5H3. The normalized spacial score (nSPS) is 16.5. The van der Waals surface area contributed by atoms with Crippen LogP contribution in [0, 0.1) is 5.92 Å². The predicted octanol–water partition coefficient (Wildman–Crippen LogP) is 4.38. The molecule has 6 nitrogen and oxygen atoms in total. The number of hydrogen-bond donors (Lipinski definition) is 0. The summed E-state index contributed by atoms with van der Waals surface area (Å²) >= 11 is 0. The number of carbonyl (C=O) groups is 1. The molecule has 1 atom stereocenters. The van der Waals surface area contributed by atoms with Gasteiger partial charge in [-0.2, -0.15) is 0 Å². The molecule has 1 aromatic carbocycles. The summed E-state index contributed by atoms with van der Waals surface area (Å²) in [6.07, 6.45) is 1.42. The van der Waals surface area contributed by atoms with Gasteiger partial charge in [0.25, 0.3) is 0 Å². The molecule has 0 saturated carbocycles. The molecule has 0 N–H and O–H groups in total. The van der Waals surface area contributed by atoms with Crippen LogP contribution in [0.3, 0.4) is 0 Å². The second-order valence-electron chi connectivity index (χ2n) is 8.76. The van der Waals surface area contributed by atoms with E-state index in [2.05, 4.69) is 0 Å². The summed E-state index contributed by atoms with van der Waals surface area (Å²) in [7, 11) is 0. The molecular weight excluding hydrogens is 368 g/mol. The molecule has 1 aliphatic heterocycles. The van der Waals surface area contributed by atoms with Gasteiger partial charge in [-0.3, -0.25) is 9.69 Å². The van der Waals surface area contributed by atoms with Gasteiger partial charge in [0.1, 0.15) is 12.2 Å². The maximum Gasteiger partial charge on any atom is 0.410 e. The van der Waals surface area contributed by atoms with Crippen molar-refractivity contribution in [1.82, 2.24) is 9.47 Å². The van der Waals surface area contributed by atoms with E-state index in [1.165, 1.54) is 0 Å².